The zero-order valence-electron chi connectivity index (χ0n) is 16.0. The Morgan fingerprint density at radius 2 is 1.06 bits per heavy atom. The smallest absolute Gasteiger partial charge is 0.213 e. The molecule has 3 aromatic carbocycles. The summed E-state index contributed by atoms with van der Waals surface area (Å²) in [7, 11) is 0. The number of benzene rings is 3. The Hall–Kier alpha value is -0.860. The molecule has 2 unspecified atom stereocenters. The Morgan fingerprint density at radius 3 is 1.55 bits per heavy atom. The number of allylic oxidation sites excluding steroid dienone is 1. The van der Waals surface area contributed by atoms with Gasteiger partial charge in [-0.25, -0.2) is 0 Å². The Bertz CT molecular complexity index is 1010. The van der Waals surface area contributed by atoms with E-state index in [1.54, 1.807) is 0 Å². The lowest BCUT2D eigenvalue weighted by Gasteiger charge is -2.37. The van der Waals surface area contributed by atoms with E-state index in [0.29, 0.717) is 5.76 Å². The predicted molar refractivity (Wildman–Crippen MR) is 146 cm³/mol. The molecule has 2 nitrogen and oxygen atoms in total. The van der Waals surface area contributed by atoms with Gasteiger partial charge in [0.25, 0.3) is 0 Å². The lowest BCUT2D eigenvalue weighted by atomic mass is 10.1. The van der Waals surface area contributed by atoms with Gasteiger partial charge in [-0.1, -0.05) is 105 Å². The second kappa shape index (κ2) is 11.8. The van der Waals surface area contributed by atoms with Crippen LogP contribution in [0.5, 0.6) is 11.5 Å². The predicted octanol–water partition coefficient (Wildman–Crippen LogP) is 9.31. The van der Waals surface area contributed by atoms with Gasteiger partial charge in [0.15, 0.2) is 5.76 Å². The van der Waals surface area contributed by atoms with Crippen molar-refractivity contribution < 1.29 is 9.47 Å². The molecule has 0 fully saturated rings. The van der Waals surface area contributed by atoms with E-state index in [9.17, 15) is 0 Å². The van der Waals surface area contributed by atoms with E-state index >= 15 is 0 Å². The van der Waals surface area contributed by atoms with Crippen LogP contribution in [0.3, 0.4) is 0 Å². The van der Waals surface area contributed by atoms with Gasteiger partial charge in [-0.3, -0.25) is 0 Å². The van der Waals surface area contributed by atoms with Gasteiger partial charge in [0.05, 0.1) is 13.4 Å². The molecule has 0 radical (unpaired) electrons. The maximum atomic E-state index is 6.22. The van der Waals surface area contributed by atoms with E-state index in [-0.39, 0.29) is 4.83 Å². The van der Waals surface area contributed by atoms with Gasteiger partial charge in [-0.05, 0) is 72.1 Å². The van der Waals surface area contributed by atoms with Gasteiger partial charge >= 0.3 is 0 Å². The van der Waals surface area contributed by atoms with Gasteiger partial charge in [-0.2, -0.15) is 0 Å². The topological polar surface area (TPSA) is 18.5 Å². The first kappa shape index (κ1) is 24.8. The number of rotatable bonds is 4. The van der Waals surface area contributed by atoms with Gasteiger partial charge in [-0.15, -0.1) is 0 Å². The van der Waals surface area contributed by atoms with Crippen molar-refractivity contribution in [3.8, 4) is 11.5 Å². The summed E-state index contributed by atoms with van der Waals surface area (Å²) in [6, 6.07) is 31.2. The van der Waals surface area contributed by atoms with Gasteiger partial charge in [0.2, 0.25) is 4.51 Å². The van der Waals surface area contributed by atoms with Gasteiger partial charge in [0, 0.05) is 0 Å². The normalized spacial score (nSPS) is 20.6. The molecular formula is C24H17Br5O2. The highest BCUT2D eigenvalue weighted by molar-refractivity contribution is 9.16. The Balaban J connectivity index is 0.000000391. The van der Waals surface area contributed by atoms with E-state index in [2.05, 4.69) is 79.6 Å². The van der Waals surface area contributed by atoms with Crippen molar-refractivity contribution >= 4 is 79.6 Å². The summed E-state index contributed by atoms with van der Waals surface area (Å²) in [5.41, 5.74) is 0. The molecule has 4 rings (SSSR count). The highest BCUT2D eigenvalue weighted by atomic mass is 79.9. The molecule has 0 aromatic heterocycles. The van der Waals surface area contributed by atoms with Crippen LogP contribution in [0.25, 0.3) is 0 Å². The summed E-state index contributed by atoms with van der Waals surface area (Å²) in [6.45, 7) is 0. The fourth-order valence-electron chi connectivity index (χ4n) is 2.58. The van der Waals surface area contributed by atoms with Crippen LogP contribution < -0.4 is 9.47 Å². The Morgan fingerprint density at radius 1 is 0.645 bits per heavy atom. The first-order valence-electron chi connectivity index (χ1n) is 9.19. The molecule has 1 aliphatic carbocycles. The average molecular weight is 737 g/mol. The molecule has 0 N–H and O–H groups in total. The van der Waals surface area contributed by atoms with Crippen LogP contribution in [0.15, 0.2) is 116 Å². The fourth-order valence-corrected chi connectivity index (χ4v) is 6.56. The Labute approximate surface area is 224 Å². The highest BCUT2D eigenvalue weighted by Crippen LogP contribution is 2.53. The molecule has 0 bridgehead atoms. The molecule has 0 saturated carbocycles. The van der Waals surface area contributed by atoms with E-state index in [1.807, 2.05) is 97.1 Å². The minimum absolute atomic E-state index is 0.227. The molecule has 0 heterocycles. The second-order valence-electron chi connectivity index (χ2n) is 6.30. The van der Waals surface area contributed by atoms with E-state index in [0.717, 1.165) is 24.9 Å². The molecule has 31 heavy (non-hydrogen) atoms. The summed E-state index contributed by atoms with van der Waals surface area (Å²) in [6.07, 6.45) is 0. The third-order valence-electron chi connectivity index (χ3n) is 4.10. The number of hydrogen-bond acceptors (Lipinski definition) is 2. The summed E-state index contributed by atoms with van der Waals surface area (Å²) in [5.74, 6) is 2.16. The number of hydrogen-bond donors (Lipinski definition) is 0. The number of ether oxygens (including phenoxy) is 2. The van der Waals surface area contributed by atoms with Crippen molar-refractivity contribution in [1.29, 1.82) is 0 Å². The first-order valence-corrected chi connectivity index (χ1v) is 13.3. The first-order chi connectivity index (χ1) is 14.9. The molecule has 1 aliphatic rings. The molecule has 0 amide bonds. The van der Waals surface area contributed by atoms with Crippen LogP contribution in [0.1, 0.15) is 0 Å². The van der Waals surface area contributed by atoms with Gasteiger partial charge in [0.1, 0.15) is 16.3 Å². The zero-order chi connectivity index (χ0) is 22.3. The third kappa shape index (κ3) is 6.35. The van der Waals surface area contributed by atoms with Crippen molar-refractivity contribution in [1.82, 2.24) is 0 Å². The molecule has 0 aliphatic heterocycles. The molecule has 160 valence electrons. The minimum Gasteiger partial charge on any atom is -0.469 e. The van der Waals surface area contributed by atoms with Crippen LogP contribution in [-0.2, 0) is 0 Å². The fraction of sp³-hybridized carbons (Fsp3) is 0.0833. The number of para-hydroxylation sites is 2. The molecule has 7 heteroatoms. The maximum Gasteiger partial charge on any atom is 0.213 e. The van der Waals surface area contributed by atoms with E-state index in [4.69, 9.17) is 9.47 Å². The van der Waals surface area contributed by atoms with Crippen LogP contribution in [0.2, 0.25) is 0 Å². The standard InChI is InChI=1S/C18H11Br5O2.C6H6/c19-13-15(24-11-7-3-1-4-8-11)14(20)17(22)18(23,16(13)21)25-12-9-5-2-6-10-12;1-2-4-6-5-3-1/h1-10,16H;1-6H. The monoisotopic (exact) mass is 732 g/mol. The minimum atomic E-state index is -0.838. The molecule has 3 aromatic rings. The Kier molecular flexibility index (Phi) is 9.47. The SMILES string of the molecule is BrC1=C(Br)C(Br)(Oc2ccccc2)C(Br)C(Br)=C1Oc1ccccc1.c1ccccc1. The van der Waals surface area contributed by atoms with Crippen molar-refractivity contribution in [3.05, 3.63) is 116 Å². The van der Waals surface area contributed by atoms with Crippen LogP contribution in [-0.4, -0.2) is 9.34 Å². The van der Waals surface area contributed by atoms with Crippen LogP contribution >= 0.6 is 79.6 Å². The third-order valence-corrected chi connectivity index (χ3v) is 11.1. The second-order valence-corrected chi connectivity index (χ2v) is 10.8. The summed E-state index contributed by atoms with van der Waals surface area (Å²) >= 11 is 18.4. The quantitative estimate of drug-likeness (QED) is 0.249. The number of halogens is 5. The van der Waals surface area contributed by atoms with Crippen molar-refractivity contribution in [2.45, 2.75) is 9.34 Å². The molecule has 0 spiro atoms. The largest absolute Gasteiger partial charge is 0.469 e. The van der Waals surface area contributed by atoms with Crippen LogP contribution in [0.4, 0.5) is 0 Å². The van der Waals surface area contributed by atoms with Crippen molar-refractivity contribution in [2.75, 3.05) is 0 Å². The maximum absolute atomic E-state index is 6.22. The lowest BCUT2D eigenvalue weighted by molar-refractivity contribution is 0.224. The van der Waals surface area contributed by atoms with E-state index < -0.39 is 4.51 Å². The summed E-state index contributed by atoms with van der Waals surface area (Å²) in [4.78, 5) is -0.227. The molecule has 2 atom stereocenters. The van der Waals surface area contributed by atoms with E-state index in [1.165, 1.54) is 0 Å². The average Bonchev–Trinajstić information content (AvgIpc) is 2.82. The van der Waals surface area contributed by atoms with Crippen LogP contribution in [0, 0.1) is 0 Å². The van der Waals surface area contributed by atoms with Crippen molar-refractivity contribution in [2.24, 2.45) is 0 Å². The summed E-state index contributed by atoms with van der Waals surface area (Å²) < 4.78 is 13.8. The number of alkyl halides is 2. The summed E-state index contributed by atoms with van der Waals surface area (Å²) in [5, 5.41) is 0. The van der Waals surface area contributed by atoms with Gasteiger partial charge < -0.3 is 9.47 Å². The lowest BCUT2D eigenvalue weighted by Crippen LogP contribution is -2.42. The zero-order valence-corrected chi connectivity index (χ0v) is 24.0. The highest BCUT2D eigenvalue weighted by Gasteiger charge is 2.48. The molecule has 0 saturated heterocycles. The molecular weight excluding hydrogens is 720 g/mol. The van der Waals surface area contributed by atoms with Crippen molar-refractivity contribution in [3.63, 3.8) is 0 Å².